The summed E-state index contributed by atoms with van der Waals surface area (Å²) in [6.45, 7) is 1.79. The standard InChI is InChI=1S/C12H11N3O2/c1-7-4-11-13-14-12(6-16)15(11)10-3-2-8(17)5-9(7)10/h2-5,16-17H,6H2,1H3. The molecule has 0 aliphatic rings. The summed E-state index contributed by atoms with van der Waals surface area (Å²) in [5.74, 6) is 0.717. The summed E-state index contributed by atoms with van der Waals surface area (Å²) in [4.78, 5) is 0. The number of aromatic hydroxyl groups is 1. The lowest BCUT2D eigenvalue weighted by Crippen LogP contribution is -1.97. The second-order valence-corrected chi connectivity index (χ2v) is 4.00. The van der Waals surface area contributed by atoms with Gasteiger partial charge in [0.1, 0.15) is 12.4 Å². The van der Waals surface area contributed by atoms with Gasteiger partial charge < -0.3 is 10.2 Å². The van der Waals surface area contributed by atoms with Gasteiger partial charge in [0.05, 0.1) is 5.52 Å². The molecule has 17 heavy (non-hydrogen) atoms. The van der Waals surface area contributed by atoms with Crippen LogP contribution < -0.4 is 0 Å². The van der Waals surface area contributed by atoms with Gasteiger partial charge in [0, 0.05) is 5.39 Å². The number of aliphatic hydroxyl groups excluding tert-OH is 1. The zero-order valence-electron chi connectivity index (χ0n) is 9.25. The van der Waals surface area contributed by atoms with Gasteiger partial charge in [0.2, 0.25) is 0 Å². The van der Waals surface area contributed by atoms with Crippen LogP contribution in [0.25, 0.3) is 16.6 Å². The number of fused-ring (bicyclic) bond motifs is 3. The summed E-state index contributed by atoms with van der Waals surface area (Å²) in [6, 6.07) is 6.99. The number of pyridine rings is 1. The van der Waals surface area contributed by atoms with Crippen LogP contribution in [0.4, 0.5) is 0 Å². The molecule has 2 heterocycles. The fourth-order valence-electron chi connectivity index (χ4n) is 2.10. The minimum atomic E-state index is -0.166. The van der Waals surface area contributed by atoms with Crippen molar-refractivity contribution < 1.29 is 10.2 Å². The van der Waals surface area contributed by atoms with Crippen LogP contribution in [-0.2, 0) is 6.61 Å². The lowest BCUT2D eigenvalue weighted by Gasteiger charge is -2.07. The van der Waals surface area contributed by atoms with Gasteiger partial charge in [-0.15, -0.1) is 10.2 Å². The van der Waals surface area contributed by atoms with E-state index in [0.29, 0.717) is 11.5 Å². The van der Waals surface area contributed by atoms with Crippen LogP contribution in [-0.4, -0.2) is 24.8 Å². The normalized spacial score (nSPS) is 11.4. The smallest absolute Gasteiger partial charge is 0.163 e. The van der Waals surface area contributed by atoms with E-state index < -0.39 is 0 Å². The Morgan fingerprint density at radius 1 is 1.24 bits per heavy atom. The van der Waals surface area contributed by atoms with E-state index in [1.54, 1.807) is 22.6 Å². The fraction of sp³-hybridized carbons (Fsp3) is 0.167. The lowest BCUT2D eigenvalue weighted by molar-refractivity contribution is 0.270. The Bertz CT molecular complexity index is 718. The molecule has 0 unspecified atom stereocenters. The molecule has 2 N–H and O–H groups in total. The third kappa shape index (κ3) is 1.36. The quantitative estimate of drug-likeness (QED) is 0.661. The van der Waals surface area contributed by atoms with E-state index in [4.69, 9.17) is 0 Å². The summed E-state index contributed by atoms with van der Waals surface area (Å²) in [5.41, 5.74) is 2.59. The average molecular weight is 229 g/mol. The third-order valence-corrected chi connectivity index (χ3v) is 2.89. The molecule has 0 spiro atoms. The van der Waals surface area contributed by atoms with Crippen molar-refractivity contribution in [2.45, 2.75) is 13.5 Å². The minimum Gasteiger partial charge on any atom is -0.508 e. The summed E-state index contributed by atoms with van der Waals surface area (Å²) < 4.78 is 1.79. The molecule has 0 atom stereocenters. The molecule has 0 saturated carbocycles. The molecule has 1 aromatic carbocycles. The zero-order chi connectivity index (χ0) is 12.0. The molecule has 5 nitrogen and oxygen atoms in total. The second-order valence-electron chi connectivity index (χ2n) is 4.00. The van der Waals surface area contributed by atoms with Crippen molar-refractivity contribution in [1.82, 2.24) is 14.6 Å². The van der Waals surface area contributed by atoms with Gasteiger partial charge in [-0.2, -0.15) is 0 Å². The van der Waals surface area contributed by atoms with Gasteiger partial charge in [-0.05, 0) is 36.8 Å². The zero-order valence-corrected chi connectivity index (χ0v) is 9.25. The highest BCUT2D eigenvalue weighted by atomic mass is 16.3. The highest BCUT2D eigenvalue weighted by molar-refractivity contribution is 5.86. The molecular weight excluding hydrogens is 218 g/mol. The van der Waals surface area contributed by atoms with Crippen molar-refractivity contribution >= 4 is 16.6 Å². The van der Waals surface area contributed by atoms with Gasteiger partial charge in [0.15, 0.2) is 11.5 Å². The average Bonchev–Trinajstić information content (AvgIpc) is 2.72. The predicted octanol–water partition coefficient (Wildman–Crippen LogP) is 1.39. The van der Waals surface area contributed by atoms with Crippen LogP contribution in [0, 0.1) is 6.92 Å². The molecule has 0 radical (unpaired) electrons. The number of hydrogen-bond donors (Lipinski definition) is 2. The monoisotopic (exact) mass is 229 g/mol. The van der Waals surface area contributed by atoms with Crippen LogP contribution in [0.3, 0.4) is 0 Å². The molecule has 0 aliphatic heterocycles. The molecule has 5 heteroatoms. The number of aromatic nitrogens is 3. The fourth-order valence-corrected chi connectivity index (χ4v) is 2.10. The first-order valence-corrected chi connectivity index (χ1v) is 5.28. The van der Waals surface area contributed by atoms with Crippen LogP contribution in [0.15, 0.2) is 24.3 Å². The first-order chi connectivity index (χ1) is 8.20. The van der Waals surface area contributed by atoms with Crippen LogP contribution in [0.1, 0.15) is 11.4 Å². The maximum Gasteiger partial charge on any atom is 0.163 e. The van der Waals surface area contributed by atoms with Gasteiger partial charge in [0.25, 0.3) is 0 Å². The van der Waals surface area contributed by atoms with Crippen molar-refractivity contribution in [1.29, 1.82) is 0 Å². The molecule has 0 bridgehead atoms. The Labute approximate surface area is 97.0 Å². The molecule has 86 valence electrons. The second kappa shape index (κ2) is 3.43. The molecule has 0 fully saturated rings. The van der Waals surface area contributed by atoms with Crippen molar-refractivity contribution in [2.24, 2.45) is 0 Å². The number of rotatable bonds is 1. The first kappa shape index (κ1) is 10.0. The minimum absolute atomic E-state index is 0.166. The Morgan fingerprint density at radius 2 is 2.06 bits per heavy atom. The van der Waals surface area contributed by atoms with Crippen molar-refractivity contribution in [2.75, 3.05) is 0 Å². The van der Waals surface area contributed by atoms with Crippen molar-refractivity contribution in [3.8, 4) is 5.75 Å². The van der Waals surface area contributed by atoms with Gasteiger partial charge in [-0.25, -0.2) is 0 Å². The van der Waals surface area contributed by atoms with Gasteiger partial charge in [-0.3, -0.25) is 4.40 Å². The topological polar surface area (TPSA) is 70.7 Å². The Hall–Kier alpha value is -2.14. The van der Waals surface area contributed by atoms with E-state index in [-0.39, 0.29) is 12.4 Å². The van der Waals surface area contributed by atoms with Crippen molar-refractivity contribution in [3.05, 3.63) is 35.7 Å². The van der Waals surface area contributed by atoms with Crippen LogP contribution in [0.5, 0.6) is 5.75 Å². The maximum atomic E-state index is 9.51. The highest BCUT2D eigenvalue weighted by Crippen LogP contribution is 2.25. The Morgan fingerprint density at radius 3 is 2.82 bits per heavy atom. The predicted molar refractivity (Wildman–Crippen MR) is 62.8 cm³/mol. The summed E-state index contributed by atoms with van der Waals surface area (Å²) in [7, 11) is 0. The van der Waals surface area contributed by atoms with Crippen LogP contribution >= 0.6 is 0 Å². The molecule has 0 amide bonds. The molecule has 2 aromatic heterocycles. The van der Waals surface area contributed by atoms with E-state index in [1.165, 1.54) is 0 Å². The van der Waals surface area contributed by atoms with Gasteiger partial charge in [-0.1, -0.05) is 0 Å². The van der Waals surface area contributed by atoms with E-state index in [0.717, 1.165) is 16.5 Å². The SMILES string of the molecule is Cc1cc2nnc(CO)n2c2ccc(O)cc12. The molecule has 0 aliphatic carbocycles. The number of hydrogen-bond acceptors (Lipinski definition) is 4. The highest BCUT2D eigenvalue weighted by Gasteiger charge is 2.10. The number of aryl methyl sites for hydroxylation is 1. The van der Waals surface area contributed by atoms with Gasteiger partial charge >= 0.3 is 0 Å². The summed E-state index contributed by atoms with van der Waals surface area (Å²) in [5, 5.41) is 27.6. The number of phenolic OH excluding ortho intramolecular Hbond substituents is 1. The van der Waals surface area contributed by atoms with E-state index in [2.05, 4.69) is 10.2 Å². The number of phenols is 1. The van der Waals surface area contributed by atoms with E-state index in [9.17, 15) is 10.2 Å². The maximum absolute atomic E-state index is 9.51. The summed E-state index contributed by atoms with van der Waals surface area (Å²) >= 11 is 0. The number of nitrogens with zero attached hydrogens (tertiary/aromatic N) is 3. The summed E-state index contributed by atoms with van der Waals surface area (Å²) in [6.07, 6.45) is 0. The van der Waals surface area contributed by atoms with Crippen molar-refractivity contribution in [3.63, 3.8) is 0 Å². The Balaban J connectivity index is 2.56. The number of aliphatic hydroxyl groups is 1. The molecule has 3 rings (SSSR count). The Kier molecular flexibility index (Phi) is 2.02. The largest absolute Gasteiger partial charge is 0.508 e. The van der Waals surface area contributed by atoms with E-state index >= 15 is 0 Å². The molecule has 0 saturated heterocycles. The molecule has 3 aromatic rings. The lowest BCUT2D eigenvalue weighted by atomic mass is 10.1. The van der Waals surface area contributed by atoms with Crippen LogP contribution in [0.2, 0.25) is 0 Å². The molecular formula is C12H11N3O2. The number of benzene rings is 1. The first-order valence-electron chi connectivity index (χ1n) is 5.28. The van der Waals surface area contributed by atoms with E-state index in [1.807, 2.05) is 13.0 Å². The third-order valence-electron chi connectivity index (χ3n) is 2.89.